The second kappa shape index (κ2) is 6.54. The molecule has 0 aliphatic rings. The number of rotatable bonds is 3. The Hall–Kier alpha value is -2.51. The summed E-state index contributed by atoms with van der Waals surface area (Å²) in [5.41, 5.74) is -0.382. The monoisotopic (exact) mass is 340 g/mol. The molecule has 5 nitrogen and oxygen atoms in total. The van der Waals surface area contributed by atoms with Crippen LogP contribution in [0.3, 0.4) is 0 Å². The first-order valence-corrected chi connectivity index (χ1v) is 7.31. The number of anilines is 1. The number of aromatic nitrogens is 2. The summed E-state index contributed by atoms with van der Waals surface area (Å²) >= 11 is 0. The Morgan fingerprint density at radius 1 is 1.25 bits per heavy atom. The summed E-state index contributed by atoms with van der Waals surface area (Å²) in [5, 5.41) is 11.6. The second-order valence-corrected chi connectivity index (χ2v) is 6.51. The molecule has 1 aromatic heterocycles. The highest BCUT2D eigenvalue weighted by atomic mass is 19.4. The van der Waals surface area contributed by atoms with Crippen LogP contribution in [0.1, 0.15) is 37.9 Å². The van der Waals surface area contributed by atoms with Gasteiger partial charge in [0.15, 0.2) is 0 Å². The maximum absolute atomic E-state index is 12.9. The van der Waals surface area contributed by atoms with Gasteiger partial charge in [0.05, 0.1) is 23.5 Å². The normalized spacial score (nSPS) is 13.4. The molecule has 0 saturated heterocycles. The molecule has 1 unspecified atom stereocenters. The van der Waals surface area contributed by atoms with Gasteiger partial charge in [0.25, 0.3) is 0 Å². The van der Waals surface area contributed by atoms with Crippen molar-refractivity contribution < 1.29 is 18.0 Å². The van der Waals surface area contributed by atoms with Crippen LogP contribution in [0.15, 0.2) is 36.7 Å². The number of halogens is 3. The van der Waals surface area contributed by atoms with E-state index in [1.807, 2.05) is 20.8 Å². The van der Waals surface area contributed by atoms with Gasteiger partial charge in [-0.15, -0.1) is 0 Å². The molecule has 0 aliphatic carbocycles. The number of benzene rings is 1. The zero-order chi connectivity index (χ0) is 18.0. The topological polar surface area (TPSA) is 69.8 Å². The van der Waals surface area contributed by atoms with E-state index in [0.29, 0.717) is 11.3 Å². The number of carbonyl (C=O) groups excluding carboxylic acids is 1. The predicted octanol–water partition coefficient (Wildman–Crippen LogP) is 4.34. The molecule has 1 heterocycles. The molecule has 0 radical (unpaired) electrons. The third-order valence-corrected chi connectivity index (χ3v) is 3.44. The molecule has 0 fully saturated rings. The van der Waals surface area contributed by atoms with Crippen LogP contribution in [-0.2, 0) is 6.18 Å². The molecule has 130 valence electrons. The first-order valence-electron chi connectivity index (χ1n) is 7.31. The lowest BCUT2D eigenvalue weighted by molar-refractivity contribution is -0.137. The summed E-state index contributed by atoms with van der Waals surface area (Å²) in [5.74, 6) is 0. The number of nitrogens with one attached hydrogen (secondary N) is 3. The van der Waals surface area contributed by atoms with Gasteiger partial charge in [-0.05, 0) is 23.1 Å². The minimum absolute atomic E-state index is 0.389. The van der Waals surface area contributed by atoms with Crippen molar-refractivity contribution in [3.63, 3.8) is 0 Å². The van der Waals surface area contributed by atoms with Gasteiger partial charge in [-0.3, -0.25) is 5.10 Å². The lowest BCUT2D eigenvalue weighted by Crippen LogP contribution is -2.39. The SMILES string of the molecule is CC(C)(C)C(NC(=O)Nc1cn[nH]c1)c1cccc(C(F)(F)F)c1. The Bertz CT molecular complexity index is 690. The summed E-state index contributed by atoms with van der Waals surface area (Å²) in [7, 11) is 0. The van der Waals surface area contributed by atoms with Gasteiger partial charge < -0.3 is 10.6 Å². The van der Waals surface area contributed by atoms with Crippen LogP contribution in [0.5, 0.6) is 0 Å². The average molecular weight is 340 g/mol. The zero-order valence-corrected chi connectivity index (χ0v) is 13.5. The highest BCUT2D eigenvalue weighted by Gasteiger charge is 2.33. The van der Waals surface area contributed by atoms with Crippen molar-refractivity contribution in [1.29, 1.82) is 0 Å². The highest BCUT2D eigenvalue weighted by molar-refractivity contribution is 5.89. The number of carbonyl (C=O) groups is 1. The van der Waals surface area contributed by atoms with Crippen LogP contribution >= 0.6 is 0 Å². The molecule has 1 atom stereocenters. The molecule has 2 rings (SSSR count). The average Bonchev–Trinajstić information content (AvgIpc) is 2.95. The van der Waals surface area contributed by atoms with E-state index < -0.39 is 29.2 Å². The van der Waals surface area contributed by atoms with Crippen LogP contribution in [0.25, 0.3) is 0 Å². The van der Waals surface area contributed by atoms with E-state index in [1.54, 1.807) is 6.07 Å². The zero-order valence-electron chi connectivity index (χ0n) is 13.5. The third kappa shape index (κ3) is 4.50. The molecule has 24 heavy (non-hydrogen) atoms. The van der Waals surface area contributed by atoms with Gasteiger partial charge in [-0.25, -0.2) is 4.79 Å². The summed E-state index contributed by atoms with van der Waals surface area (Å²) in [6.45, 7) is 5.53. The van der Waals surface area contributed by atoms with Gasteiger partial charge in [0.1, 0.15) is 0 Å². The Kier molecular flexibility index (Phi) is 4.86. The van der Waals surface area contributed by atoms with Crippen molar-refractivity contribution in [3.05, 3.63) is 47.8 Å². The Balaban J connectivity index is 2.24. The van der Waals surface area contributed by atoms with E-state index in [-0.39, 0.29) is 0 Å². The fourth-order valence-corrected chi connectivity index (χ4v) is 2.31. The van der Waals surface area contributed by atoms with E-state index in [2.05, 4.69) is 20.8 Å². The van der Waals surface area contributed by atoms with Crippen molar-refractivity contribution in [2.45, 2.75) is 33.0 Å². The van der Waals surface area contributed by atoms with Crippen molar-refractivity contribution in [3.8, 4) is 0 Å². The molecular weight excluding hydrogens is 321 g/mol. The number of alkyl halides is 3. The van der Waals surface area contributed by atoms with E-state index >= 15 is 0 Å². The second-order valence-electron chi connectivity index (χ2n) is 6.51. The first kappa shape index (κ1) is 17.8. The smallest absolute Gasteiger partial charge is 0.331 e. The maximum atomic E-state index is 12.9. The van der Waals surface area contributed by atoms with Crippen molar-refractivity contribution >= 4 is 11.7 Å². The van der Waals surface area contributed by atoms with Gasteiger partial charge in [-0.1, -0.05) is 32.9 Å². The Labute approximate surface area is 137 Å². The van der Waals surface area contributed by atoms with Gasteiger partial charge in [-0.2, -0.15) is 18.3 Å². The number of hydrogen-bond acceptors (Lipinski definition) is 2. The highest BCUT2D eigenvalue weighted by Crippen LogP contribution is 2.36. The molecule has 1 aromatic carbocycles. The van der Waals surface area contributed by atoms with Crippen molar-refractivity contribution in [2.75, 3.05) is 5.32 Å². The molecule has 0 aliphatic heterocycles. The lowest BCUT2D eigenvalue weighted by atomic mass is 9.82. The summed E-state index contributed by atoms with van der Waals surface area (Å²) in [6, 6.07) is 3.86. The molecule has 2 aromatic rings. The van der Waals surface area contributed by atoms with Crippen LogP contribution in [0.4, 0.5) is 23.7 Å². The van der Waals surface area contributed by atoms with E-state index in [9.17, 15) is 18.0 Å². The molecule has 2 amide bonds. The molecular formula is C16H19F3N4O. The molecule has 3 N–H and O–H groups in total. The van der Waals surface area contributed by atoms with Crippen molar-refractivity contribution in [1.82, 2.24) is 15.5 Å². The summed E-state index contributed by atoms with van der Waals surface area (Å²) < 4.78 is 38.8. The molecule has 0 saturated carbocycles. The largest absolute Gasteiger partial charge is 0.416 e. The number of amides is 2. The summed E-state index contributed by atoms with van der Waals surface area (Å²) in [4.78, 5) is 12.1. The fraction of sp³-hybridized carbons (Fsp3) is 0.375. The predicted molar refractivity (Wildman–Crippen MR) is 84.4 cm³/mol. The Morgan fingerprint density at radius 3 is 2.50 bits per heavy atom. The van der Waals surface area contributed by atoms with Gasteiger partial charge >= 0.3 is 12.2 Å². The van der Waals surface area contributed by atoms with Crippen molar-refractivity contribution in [2.24, 2.45) is 5.41 Å². The van der Waals surface area contributed by atoms with Crippen LogP contribution in [0.2, 0.25) is 0 Å². The van der Waals surface area contributed by atoms with E-state index in [1.165, 1.54) is 18.5 Å². The van der Waals surface area contributed by atoms with Gasteiger partial charge in [0, 0.05) is 6.20 Å². The molecule has 8 heteroatoms. The number of aromatic amines is 1. The number of nitrogens with zero attached hydrogens (tertiary/aromatic N) is 1. The third-order valence-electron chi connectivity index (χ3n) is 3.44. The van der Waals surface area contributed by atoms with Crippen LogP contribution in [-0.4, -0.2) is 16.2 Å². The van der Waals surface area contributed by atoms with Crippen LogP contribution in [0, 0.1) is 5.41 Å². The van der Waals surface area contributed by atoms with Crippen LogP contribution < -0.4 is 10.6 Å². The number of urea groups is 1. The number of hydrogen-bond donors (Lipinski definition) is 3. The van der Waals surface area contributed by atoms with E-state index in [4.69, 9.17) is 0 Å². The van der Waals surface area contributed by atoms with Gasteiger partial charge in [0.2, 0.25) is 0 Å². The standard InChI is InChI=1S/C16H19F3N4O/c1-15(2,3)13(23-14(24)22-12-8-20-21-9-12)10-5-4-6-11(7-10)16(17,18)19/h4-9,13H,1-3H3,(H,20,21)(H2,22,23,24). The quantitative estimate of drug-likeness (QED) is 0.778. The first-order chi connectivity index (χ1) is 11.1. The number of H-pyrrole nitrogens is 1. The van der Waals surface area contributed by atoms with E-state index in [0.717, 1.165) is 12.1 Å². The maximum Gasteiger partial charge on any atom is 0.416 e. The fourth-order valence-electron chi connectivity index (χ4n) is 2.31. The Morgan fingerprint density at radius 2 is 1.96 bits per heavy atom. The summed E-state index contributed by atoms with van der Waals surface area (Å²) in [6.07, 6.45) is -1.51. The minimum atomic E-state index is -4.43. The minimum Gasteiger partial charge on any atom is -0.331 e. The molecule has 0 spiro atoms. The molecule has 0 bridgehead atoms. The lowest BCUT2D eigenvalue weighted by Gasteiger charge is -2.32.